The maximum absolute atomic E-state index is 11.4. The molecular weight excluding hydrogens is 242 g/mol. The fourth-order valence-corrected chi connectivity index (χ4v) is 1.89. The number of hydrogen-bond donors (Lipinski definition) is 3. The molecule has 0 aromatic carbocycles. The molecule has 1 aromatic heterocycles. The summed E-state index contributed by atoms with van der Waals surface area (Å²) in [4.78, 5) is 22.2. The first kappa shape index (κ1) is 13.5. The van der Waals surface area contributed by atoms with Crippen LogP contribution in [0.4, 0.5) is 5.13 Å². The molecular formula is C9H15N5O2S. The van der Waals surface area contributed by atoms with Crippen LogP contribution in [0, 0.1) is 0 Å². The average Bonchev–Trinajstić information content (AvgIpc) is 2.74. The van der Waals surface area contributed by atoms with Gasteiger partial charge >= 0.3 is 0 Å². The highest BCUT2D eigenvalue weighted by atomic mass is 32.1. The Morgan fingerprint density at radius 3 is 2.76 bits per heavy atom. The van der Waals surface area contributed by atoms with Crippen LogP contribution in [0.2, 0.25) is 0 Å². The average molecular weight is 257 g/mol. The fourth-order valence-electron chi connectivity index (χ4n) is 1.03. The molecule has 1 heterocycles. The van der Waals surface area contributed by atoms with Crippen molar-refractivity contribution >= 4 is 28.3 Å². The summed E-state index contributed by atoms with van der Waals surface area (Å²) in [5.41, 5.74) is 5.08. The number of aryl methyl sites for hydroxylation is 1. The van der Waals surface area contributed by atoms with E-state index in [1.807, 2.05) is 6.92 Å². The first-order valence-electron chi connectivity index (χ1n) is 5.24. The third kappa shape index (κ3) is 4.87. The molecule has 1 rings (SSSR count). The molecule has 0 saturated heterocycles. The number of nitrogens with zero attached hydrogens (tertiary/aromatic N) is 2. The molecule has 2 amide bonds. The van der Waals surface area contributed by atoms with E-state index in [2.05, 4.69) is 20.8 Å². The smallest absolute Gasteiger partial charge is 0.245 e. The van der Waals surface area contributed by atoms with Crippen LogP contribution in [0.25, 0.3) is 0 Å². The van der Waals surface area contributed by atoms with E-state index in [0.29, 0.717) is 5.13 Å². The Hall–Kier alpha value is -1.54. The first-order valence-corrected chi connectivity index (χ1v) is 6.06. The van der Waals surface area contributed by atoms with Gasteiger partial charge in [0.2, 0.25) is 16.9 Å². The predicted octanol–water partition coefficient (Wildman–Crippen LogP) is -0.496. The second-order valence-electron chi connectivity index (χ2n) is 3.28. The molecule has 0 unspecified atom stereocenters. The van der Waals surface area contributed by atoms with E-state index in [1.54, 1.807) is 0 Å². The molecule has 94 valence electrons. The molecule has 0 aliphatic carbocycles. The second-order valence-corrected chi connectivity index (χ2v) is 4.34. The lowest BCUT2D eigenvalue weighted by atomic mass is 10.4. The molecule has 0 fully saturated rings. The molecule has 0 saturated carbocycles. The van der Waals surface area contributed by atoms with Gasteiger partial charge in [0.25, 0.3) is 0 Å². The number of amides is 2. The summed E-state index contributed by atoms with van der Waals surface area (Å²) in [5, 5.41) is 14.0. The van der Waals surface area contributed by atoms with Crippen molar-refractivity contribution in [3.8, 4) is 0 Å². The molecule has 0 radical (unpaired) electrons. The van der Waals surface area contributed by atoms with Gasteiger partial charge in [0, 0.05) is 6.42 Å². The van der Waals surface area contributed by atoms with Gasteiger partial charge in [-0.1, -0.05) is 18.3 Å². The minimum Gasteiger partial charge on any atom is -0.346 e. The molecule has 0 bridgehead atoms. The van der Waals surface area contributed by atoms with E-state index in [1.165, 1.54) is 11.3 Å². The normalized spacial score (nSPS) is 10.0. The summed E-state index contributed by atoms with van der Waals surface area (Å²) in [5.74, 6) is -0.713. The molecule has 0 aliphatic heterocycles. The zero-order valence-electron chi connectivity index (χ0n) is 9.52. The van der Waals surface area contributed by atoms with Gasteiger partial charge in [0.1, 0.15) is 5.01 Å². The number of aromatic nitrogens is 2. The standard InChI is InChI=1S/C9H15N5O2S/c1-2-3-8-13-14-9(17-8)12-7(16)5-11-6(15)4-10/h2-5,10H2,1H3,(H,11,15)(H,12,14,16). The van der Waals surface area contributed by atoms with Gasteiger partial charge in [-0.3, -0.25) is 14.9 Å². The minimum atomic E-state index is -0.371. The van der Waals surface area contributed by atoms with Gasteiger partial charge in [0.15, 0.2) is 0 Å². The van der Waals surface area contributed by atoms with Crippen LogP contribution in [0.5, 0.6) is 0 Å². The Morgan fingerprint density at radius 2 is 2.12 bits per heavy atom. The third-order valence-electron chi connectivity index (χ3n) is 1.81. The number of anilines is 1. The zero-order chi connectivity index (χ0) is 12.7. The van der Waals surface area contributed by atoms with Crippen molar-refractivity contribution in [2.24, 2.45) is 5.73 Å². The van der Waals surface area contributed by atoms with Crippen LogP contribution in [0.15, 0.2) is 0 Å². The van der Waals surface area contributed by atoms with Crippen molar-refractivity contribution < 1.29 is 9.59 Å². The van der Waals surface area contributed by atoms with Crippen molar-refractivity contribution in [3.63, 3.8) is 0 Å². The number of rotatable bonds is 6. The van der Waals surface area contributed by atoms with Gasteiger partial charge < -0.3 is 11.1 Å². The van der Waals surface area contributed by atoms with Gasteiger partial charge in [-0.15, -0.1) is 10.2 Å². The molecule has 7 nitrogen and oxygen atoms in total. The van der Waals surface area contributed by atoms with Crippen molar-refractivity contribution in [1.82, 2.24) is 15.5 Å². The van der Waals surface area contributed by atoms with Crippen LogP contribution >= 0.6 is 11.3 Å². The van der Waals surface area contributed by atoms with Crippen LogP contribution < -0.4 is 16.4 Å². The lowest BCUT2D eigenvalue weighted by Gasteiger charge is -2.02. The highest BCUT2D eigenvalue weighted by molar-refractivity contribution is 7.15. The Morgan fingerprint density at radius 1 is 1.35 bits per heavy atom. The van der Waals surface area contributed by atoms with E-state index in [-0.39, 0.29) is 24.9 Å². The molecule has 4 N–H and O–H groups in total. The molecule has 8 heteroatoms. The highest BCUT2D eigenvalue weighted by Crippen LogP contribution is 2.15. The van der Waals surface area contributed by atoms with Crippen molar-refractivity contribution in [2.45, 2.75) is 19.8 Å². The fraction of sp³-hybridized carbons (Fsp3) is 0.556. The van der Waals surface area contributed by atoms with Crippen LogP contribution in [-0.4, -0.2) is 35.1 Å². The molecule has 0 aliphatic rings. The number of carbonyl (C=O) groups is 2. The van der Waals surface area contributed by atoms with E-state index in [0.717, 1.165) is 17.8 Å². The molecule has 0 atom stereocenters. The van der Waals surface area contributed by atoms with Gasteiger partial charge in [0.05, 0.1) is 13.1 Å². The van der Waals surface area contributed by atoms with Gasteiger partial charge in [-0.25, -0.2) is 0 Å². The quantitative estimate of drug-likeness (QED) is 0.636. The Kier molecular flexibility index (Phi) is 5.50. The Labute approximate surface area is 103 Å². The van der Waals surface area contributed by atoms with Gasteiger partial charge in [-0.2, -0.15) is 0 Å². The zero-order valence-corrected chi connectivity index (χ0v) is 10.3. The van der Waals surface area contributed by atoms with Crippen LogP contribution in [0.1, 0.15) is 18.4 Å². The van der Waals surface area contributed by atoms with Crippen molar-refractivity contribution in [3.05, 3.63) is 5.01 Å². The summed E-state index contributed by atoms with van der Waals surface area (Å²) in [6.07, 6.45) is 1.83. The summed E-state index contributed by atoms with van der Waals surface area (Å²) < 4.78 is 0. The SMILES string of the molecule is CCCc1nnc(NC(=O)CNC(=O)CN)s1. The summed E-state index contributed by atoms with van der Waals surface area (Å²) in [6.45, 7) is 1.80. The van der Waals surface area contributed by atoms with E-state index in [9.17, 15) is 9.59 Å². The van der Waals surface area contributed by atoms with E-state index in [4.69, 9.17) is 5.73 Å². The Bertz CT molecular complexity index is 392. The van der Waals surface area contributed by atoms with Crippen LogP contribution in [0.3, 0.4) is 0 Å². The lowest BCUT2D eigenvalue weighted by molar-refractivity contribution is -0.123. The number of nitrogens with two attached hydrogens (primary N) is 1. The topological polar surface area (TPSA) is 110 Å². The first-order chi connectivity index (χ1) is 8.15. The highest BCUT2D eigenvalue weighted by Gasteiger charge is 2.08. The third-order valence-corrected chi connectivity index (χ3v) is 2.71. The number of hydrogen-bond acceptors (Lipinski definition) is 6. The number of nitrogens with one attached hydrogen (secondary N) is 2. The number of carbonyl (C=O) groups excluding carboxylic acids is 2. The molecule has 1 aromatic rings. The predicted molar refractivity (Wildman–Crippen MR) is 64.6 cm³/mol. The summed E-state index contributed by atoms with van der Waals surface area (Å²) >= 11 is 1.33. The monoisotopic (exact) mass is 257 g/mol. The summed E-state index contributed by atoms with van der Waals surface area (Å²) in [7, 11) is 0. The Balaban J connectivity index is 2.36. The van der Waals surface area contributed by atoms with Crippen LogP contribution in [-0.2, 0) is 16.0 Å². The molecule has 0 spiro atoms. The maximum Gasteiger partial charge on any atom is 0.245 e. The van der Waals surface area contributed by atoms with Gasteiger partial charge in [-0.05, 0) is 6.42 Å². The molecule has 17 heavy (non-hydrogen) atoms. The lowest BCUT2D eigenvalue weighted by Crippen LogP contribution is -2.36. The maximum atomic E-state index is 11.4. The van der Waals surface area contributed by atoms with E-state index < -0.39 is 0 Å². The summed E-state index contributed by atoms with van der Waals surface area (Å²) in [6, 6.07) is 0. The van der Waals surface area contributed by atoms with E-state index >= 15 is 0 Å². The largest absolute Gasteiger partial charge is 0.346 e. The van der Waals surface area contributed by atoms with Crippen molar-refractivity contribution in [1.29, 1.82) is 0 Å². The minimum absolute atomic E-state index is 0.112. The second kappa shape index (κ2) is 6.92. The van der Waals surface area contributed by atoms with Crippen molar-refractivity contribution in [2.75, 3.05) is 18.4 Å².